The topological polar surface area (TPSA) is 38.1 Å². The van der Waals surface area contributed by atoms with Crippen LogP contribution in [0.15, 0.2) is 54.6 Å². The lowest BCUT2D eigenvalue weighted by Gasteiger charge is -2.17. The van der Waals surface area contributed by atoms with Crippen molar-refractivity contribution in [3.05, 3.63) is 88.5 Å². The molecule has 1 saturated heterocycles. The summed E-state index contributed by atoms with van der Waals surface area (Å²) in [6.45, 7) is 6.14. The maximum absolute atomic E-state index is 13.1. The number of hydrogen-bond donors (Lipinski definition) is 0. The van der Waals surface area contributed by atoms with Gasteiger partial charge in [0.25, 0.3) is 5.91 Å². The average molecular weight is 377 g/mol. The number of halogens is 1. The number of amides is 1. The first-order valence-electron chi connectivity index (χ1n) is 9.64. The van der Waals surface area contributed by atoms with Gasteiger partial charge in [0.2, 0.25) is 0 Å². The van der Waals surface area contributed by atoms with Crippen molar-refractivity contribution in [1.82, 2.24) is 14.7 Å². The first kappa shape index (κ1) is 18.4. The number of benzene rings is 2. The molecule has 3 aromatic rings. The van der Waals surface area contributed by atoms with Crippen molar-refractivity contribution in [2.24, 2.45) is 0 Å². The molecule has 144 valence electrons. The van der Waals surface area contributed by atoms with Crippen molar-refractivity contribution in [2.45, 2.75) is 32.7 Å². The molecular formula is C23H24FN3O. The van der Waals surface area contributed by atoms with Crippen LogP contribution >= 0.6 is 0 Å². The van der Waals surface area contributed by atoms with Gasteiger partial charge in [-0.2, -0.15) is 5.10 Å². The van der Waals surface area contributed by atoms with E-state index in [1.165, 1.54) is 12.1 Å². The molecule has 4 nitrogen and oxygen atoms in total. The van der Waals surface area contributed by atoms with Crippen molar-refractivity contribution in [3.63, 3.8) is 0 Å². The monoisotopic (exact) mass is 377 g/mol. The number of rotatable bonds is 4. The number of nitrogens with zero attached hydrogens (tertiary/aromatic N) is 3. The highest BCUT2D eigenvalue weighted by Gasteiger charge is 2.27. The molecule has 1 fully saturated rings. The van der Waals surface area contributed by atoms with Gasteiger partial charge in [-0.1, -0.05) is 24.3 Å². The Hall–Kier alpha value is -2.95. The lowest BCUT2D eigenvalue weighted by molar-refractivity contribution is 0.0791. The van der Waals surface area contributed by atoms with Crippen LogP contribution in [0.2, 0.25) is 0 Å². The van der Waals surface area contributed by atoms with Crippen molar-refractivity contribution >= 4 is 5.91 Å². The molecule has 28 heavy (non-hydrogen) atoms. The second-order valence-electron chi connectivity index (χ2n) is 7.57. The van der Waals surface area contributed by atoms with Crippen LogP contribution in [-0.4, -0.2) is 33.7 Å². The van der Waals surface area contributed by atoms with E-state index in [1.54, 1.807) is 0 Å². The molecule has 1 atom stereocenters. The Labute approximate surface area is 164 Å². The number of aromatic nitrogens is 2. The van der Waals surface area contributed by atoms with Gasteiger partial charge in [-0.15, -0.1) is 0 Å². The molecule has 1 aromatic heterocycles. The summed E-state index contributed by atoms with van der Waals surface area (Å²) in [5.74, 6) is 0.104. The number of hydrogen-bond acceptors (Lipinski definition) is 2. The summed E-state index contributed by atoms with van der Waals surface area (Å²) in [5.41, 5.74) is 5.05. The minimum absolute atomic E-state index is 0.0577. The van der Waals surface area contributed by atoms with E-state index >= 15 is 0 Å². The van der Waals surface area contributed by atoms with Crippen LogP contribution in [0.1, 0.15) is 45.2 Å². The van der Waals surface area contributed by atoms with E-state index in [-0.39, 0.29) is 17.6 Å². The van der Waals surface area contributed by atoms with E-state index < -0.39 is 0 Å². The van der Waals surface area contributed by atoms with Gasteiger partial charge < -0.3 is 4.90 Å². The molecule has 0 bridgehead atoms. The molecule has 2 aromatic carbocycles. The summed E-state index contributed by atoms with van der Waals surface area (Å²) in [7, 11) is 0. The van der Waals surface area contributed by atoms with Crippen molar-refractivity contribution in [3.8, 4) is 0 Å². The Morgan fingerprint density at radius 1 is 1.11 bits per heavy atom. The lowest BCUT2D eigenvalue weighted by Crippen LogP contribution is -2.28. The molecular weight excluding hydrogens is 353 g/mol. The van der Waals surface area contributed by atoms with Crippen LogP contribution in [0, 0.1) is 19.7 Å². The summed E-state index contributed by atoms with van der Waals surface area (Å²) in [5, 5.41) is 4.49. The van der Waals surface area contributed by atoms with Gasteiger partial charge in [0.05, 0.1) is 12.2 Å². The highest BCUT2D eigenvalue weighted by atomic mass is 19.1. The summed E-state index contributed by atoms with van der Waals surface area (Å²) in [6.07, 6.45) is 0.910. The fraction of sp³-hybridized carbons (Fsp3) is 0.304. The zero-order valence-electron chi connectivity index (χ0n) is 16.2. The van der Waals surface area contributed by atoms with Gasteiger partial charge in [-0.3, -0.25) is 9.48 Å². The predicted molar refractivity (Wildman–Crippen MR) is 107 cm³/mol. The average Bonchev–Trinajstić information content (AvgIpc) is 3.29. The Bertz CT molecular complexity index is 976. The van der Waals surface area contributed by atoms with E-state index in [9.17, 15) is 9.18 Å². The third kappa shape index (κ3) is 3.84. The summed E-state index contributed by atoms with van der Waals surface area (Å²) >= 11 is 0. The quantitative estimate of drug-likeness (QED) is 0.679. The van der Waals surface area contributed by atoms with Crippen LogP contribution < -0.4 is 0 Å². The van der Waals surface area contributed by atoms with E-state index in [2.05, 4.69) is 11.2 Å². The van der Waals surface area contributed by atoms with Crippen LogP contribution in [0.5, 0.6) is 0 Å². The SMILES string of the molecule is Cc1cc(C)n(Cc2ccc(C(=O)N3CC[C@H](c4ccc(F)cc4)C3)cc2)n1. The second-order valence-corrected chi connectivity index (χ2v) is 7.57. The molecule has 5 heteroatoms. The molecule has 0 saturated carbocycles. The highest BCUT2D eigenvalue weighted by molar-refractivity contribution is 5.94. The Kier molecular flexibility index (Phi) is 4.99. The van der Waals surface area contributed by atoms with Gasteiger partial charge in [-0.05, 0) is 61.7 Å². The Morgan fingerprint density at radius 3 is 2.46 bits per heavy atom. The fourth-order valence-electron chi connectivity index (χ4n) is 3.90. The minimum Gasteiger partial charge on any atom is -0.338 e. The van der Waals surface area contributed by atoms with Crippen LogP contribution in [-0.2, 0) is 6.54 Å². The van der Waals surface area contributed by atoms with E-state index in [0.717, 1.165) is 35.5 Å². The minimum atomic E-state index is -0.227. The highest BCUT2D eigenvalue weighted by Crippen LogP contribution is 2.28. The number of aryl methyl sites for hydroxylation is 2. The van der Waals surface area contributed by atoms with Crippen molar-refractivity contribution < 1.29 is 9.18 Å². The summed E-state index contributed by atoms with van der Waals surface area (Å²) in [6, 6.07) is 16.5. The van der Waals surface area contributed by atoms with Gasteiger partial charge >= 0.3 is 0 Å². The molecule has 4 rings (SSSR count). The molecule has 2 heterocycles. The maximum atomic E-state index is 13.1. The second kappa shape index (κ2) is 7.58. The van der Waals surface area contributed by atoms with E-state index in [1.807, 2.05) is 59.8 Å². The molecule has 0 N–H and O–H groups in total. The first-order valence-corrected chi connectivity index (χ1v) is 9.64. The third-order valence-corrected chi connectivity index (χ3v) is 5.45. The zero-order valence-corrected chi connectivity index (χ0v) is 16.2. The lowest BCUT2D eigenvalue weighted by atomic mass is 9.98. The molecule has 1 aliphatic rings. The Balaban J connectivity index is 1.41. The Morgan fingerprint density at radius 2 is 1.82 bits per heavy atom. The standard InChI is InChI=1S/C23H24FN3O/c1-16-13-17(2)27(25-16)14-18-3-5-20(6-4-18)23(28)26-12-11-21(15-26)19-7-9-22(24)10-8-19/h3-10,13,21H,11-12,14-15H2,1-2H3/t21-/m0/s1. The molecule has 1 amide bonds. The zero-order chi connectivity index (χ0) is 19.7. The van der Waals surface area contributed by atoms with Crippen LogP contribution in [0.3, 0.4) is 0 Å². The molecule has 0 aliphatic carbocycles. The molecule has 1 aliphatic heterocycles. The van der Waals surface area contributed by atoms with Gasteiger partial charge in [0, 0.05) is 30.3 Å². The van der Waals surface area contributed by atoms with Crippen molar-refractivity contribution in [2.75, 3.05) is 13.1 Å². The van der Waals surface area contributed by atoms with Gasteiger partial charge in [0.15, 0.2) is 0 Å². The third-order valence-electron chi connectivity index (χ3n) is 5.45. The van der Waals surface area contributed by atoms with E-state index in [4.69, 9.17) is 0 Å². The first-order chi connectivity index (χ1) is 13.5. The number of likely N-dealkylation sites (tertiary alicyclic amines) is 1. The number of carbonyl (C=O) groups is 1. The summed E-state index contributed by atoms with van der Waals surface area (Å²) in [4.78, 5) is 14.7. The van der Waals surface area contributed by atoms with Gasteiger partial charge in [0.1, 0.15) is 5.82 Å². The van der Waals surface area contributed by atoms with Gasteiger partial charge in [-0.25, -0.2) is 4.39 Å². The summed E-state index contributed by atoms with van der Waals surface area (Å²) < 4.78 is 15.1. The molecule has 0 spiro atoms. The van der Waals surface area contributed by atoms with Crippen LogP contribution in [0.25, 0.3) is 0 Å². The molecule has 0 radical (unpaired) electrons. The normalized spacial score (nSPS) is 16.5. The largest absolute Gasteiger partial charge is 0.338 e. The van der Waals surface area contributed by atoms with E-state index in [0.29, 0.717) is 18.7 Å². The maximum Gasteiger partial charge on any atom is 0.253 e. The molecule has 0 unspecified atom stereocenters. The van der Waals surface area contributed by atoms with Crippen LogP contribution in [0.4, 0.5) is 4.39 Å². The fourth-order valence-corrected chi connectivity index (χ4v) is 3.90. The smallest absolute Gasteiger partial charge is 0.253 e. The van der Waals surface area contributed by atoms with Crippen molar-refractivity contribution in [1.29, 1.82) is 0 Å². The predicted octanol–water partition coefficient (Wildman–Crippen LogP) is 4.32. The number of carbonyl (C=O) groups excluding carboxylic acids is 1.